The van der Waals surface area contributed by atoms with Gasteiger partial charge in [0.1, 0.15) is 12.4 Å². The Balaban J connectivity index is 1.83. The maximum absolute atomic E-state index is 9.64. The average Bonchev–Trinajstić information content (AvgIpc) is 2.82. The van der Waals surface area contributed by atoms with E-state index in [4.69, 9.17) is 9.15 Å². The molecule has 19 heavy (non-hydrogen) atoms. The molecule has 0 radical (unpaired) electrons. The molecule has 0 spiro atoms. The molecule has 4 heteroatoms. The molecule has 3 aromatic rings. The van der Waals surface area contributed by atoms with Gasteiger partial charge in [-0.25, -0.2) is 0 Å². The zero-order valence-corrected chi connectivity index (χ0v) is 10.0. The van der Waals surface area contributed by atoms with Gasteiger partial charge in [0.05, 0.1) is 0 Å². The number of furan rings is 1. The van der Waals surface area contributed by atoms with E-state index in [1.165, 1.54) is 0 Å². The van der Waals surface area contributed by atoms with Gasteiger partial charge < -0.3 is 19.4 Å². The number of fused-ring (bicyclic) bond motifs is 1. The number of rotatable bonds is 3. The van der Waals surface area contributed by atoms with Gasteiger partial charge in [-0.2, -0.15) is 0 Å². The fraction of sp³-hybridized carbons (Fsp3) is 0.0667. The highest BCUT2D eigenvalue weighted by Gasteiger charge is 2.08. The van der Waals surface area contributed by atoms with E-state index in [9.17, 15) is 10.2 Å². The number of ether oxygens (including phenoxy) is 1. The van der Waals surface area contributed by atoms with Gasteiger partial charge in [-0.15, -0.1) is 0 Å². The van der Waals surface area contributed by atoms with Crippen LogP contribution >= 0.6 is 0 Å². The topological polar surface area (TPSA) is 62.8 Å². The van der Waals surface area contributed by atoms with E-state index in [1.54, 1.807) is 42.5 Å². The van der Waals surface area contributed by atoms with Gasteiger partial charge in [-0.3, -0.25) is 0 Å². The summed E-state index contributed by atoms with van der Waals surface area (Å²) in [5.41, 5.74) is 0.443. The number of hydrogen-bond donors (Lipinski definition) is 2. The zero-order chi connectivity index (χ0) is 13.2. The van der Waals surface area contributed by atoms with Crippen molar-refractivity contribution in [2.24, 2.45) is 0 Å². The number of hydrogen-bond acceptors (Lipinski definition) is 4. The molecule has 0 amide bonds. The van der Waals surface area contributed by atoms with Gasteiger partial charge in [0.2, 0.25) is 0 Å². The number of aromatic hydroxyl groups is 2. The molecule has 0 aliphatic heterocycles. The smallest absolute Gasteiger partial charge is 0.176 e. The van der Waals surface area contributed by atoms with Crippen LogP contribution in [0.1, 0.15) is 5.76 Å². The summed E-state index contributed by atoms with van der Waals surface area (Å²) in [6.45, 7) is 0.186. The summed E-state index contributed by atoms with van der Waals surface area (Å²) in [4.78, 5) is 0. The lowest BCUT2D eigenvalue weighted by atomic mass is 10.2. The molecular weight excluding hydrogens is 244 g/mol. The second-order valence-corrected chi connectivity index (χ2v) is 4.16. The molecule has 0 aliphatic carbocycles. The molecule has 3 rings (SSSR count). The maximum Gasteiger partial charge on any atom is 0.176 e. The molecular formula is C15H12O4. The van der Waals surface area contributed by atoms with Crippen LogP contribution in [0.25, 0.3) is 11.0 Å². The number of phenolic OH excluding ortho intramolecular Hbond substituents is 2. The van der Waals surface area contributed by atoms with E-state index in [0.717, 1.165) is 5.39 Å². The third kappa shape index (κ3) is 2.20. The number of phenols is 2. The number of para-hydroxylation sites is 3. The van der Waals surface area contributed by atoms with Crippen LogP contribution in [0, 0.1) is 0 Å². The van der Waals surface area contributed by atoms with Gasteiger partial charge in [-0.1, -0.05) is 24.3 Å². The monoisotopic (exact) mass is 256 g/mol. The quantitative estimate of drug-likeness (QED) is 0.753. The lowest BCUT2D eigenvalue weighted by Gasteiger charge is -2.05. The molecule has 96 valence electrons. The van der Waals surface area contributed by atoms with E-state index in [-0.39, 0.29) is 18.1 Å². The van der Waals surface area contributed by atoms with Crippen LogP contribution in [0.3, 0.4) is 0 Å². The van der Waals surface area contributed by atoms with E-state index >= 15 is 0 Å². The largest absolute Gasteiger partial charge is 0.504 e. The Morgan fingerprint density at radius 2 is 1.74 bits per heavy atom. The third-order valence-corrected chi connectivity index (χ3v) is 2.81. The van der Waals surface area contributed by atoms with E-state index in [1.807, 2.05) is 6.07 Å². The molecule has 0 unspecified atom stereocenters. The maximum atomic E-state index is 9.64. The lowest BCUT2D eigenvalue weighted by Crippen LogP contribution is -1.93. The SMILES string of the molecule is Oc1ccccc1OCc1cc2cccc(O)c2o1. The normalized spacial score (nSPS) is 10.7. The molecule has 2 aromatic carbocycles. The summed E-state index contributed by atoms with van der Waals surface area (Å²) < 4.78 is 11.0. The second kappa shape index (κ2) is 4.57. The van der Waals surface area contributed by atoms with Crippen molar-refractivity contribution in [3.05, 3.63) is 54.3 Å². The molecule has 0 aliphatic rings. The molecule has 0 saturated heterocycles. The predicted octanol–water partition coefficient (Wildman–Crippen LogP) is 3.42. The third-order valence-electron chi connectivity index (χ3n) is 2.81. The molecule has 0 atom stereocenters. The summed E-state index contributed by atoms with van der Waals surface area (Å²) in [7, 11) is 0. The fourth-order valence-corrected chi connectivity index (χ4v) is 1.90. The fourth-order valence-electron chi connectivity index (χ4n) is 1.90. The van der Waals surface area contributed by atoms with E-state index in [2.05, 4.69) is 0 Å². The van der Waals surface area contributed by atoms with E-state index in [0.29, 0.717) is 17.1 Å². The van der Waals surface area contributed by atoms with Crippen LogP contribution in [0.2, 0.25) is 0 Å². The number of benzene rings is 2. The summed E-state index contributed by atoms with van der Waals surface area (Å²) in [6.07, 6.45) is 0. The zero-order valence-electron chi connectivity index (χ0n) is 10.0. The average molecular weight is 256 g/mol. The summed E-state index contributed by atoms with van der Waals surface area (Å²) in [5.74, 6) is 1.17. The molecule has 0 bridgehead atoms. The van der Waals surface area contributed by atoms with Crippen molar-refractivity contribution >= 4 is 11.0 Å². The van der Waals surface area contributed by atoms with Crippen LogP contribution in [0.4, 0.5) is 0 Å². The van der Waals surface area contributed by atoms with Gasteiger partial charge in [0, 0.05) is 5.39 Å². The molecule has 4 nitrogen and oxygen atoms in total. The Kier molecular flexibility index (Phi) is 2.76. The van der Waals surface area contributed by atoms with Gasteiger partial charge in [0.15, 0.2) is 22.8 Å². The molecule has 1 heterocycles. The van der Waals surface area contributed by atoms with Gasteiger partial charge in [-0.05, 0) is 24.3 Å². The lowest BCUT2D eigenvalue weighted by molar-refractivity contribution is 0.261. The first kappa shape index (κ1) is 11.5. The van der Waals surface area contributed by atoms with Crippen LogP contribution in [0.15, 0.2) is 52.9 Å². The van der Waals surface area contributed by atoms with Crippen molar-refractivity contribution in [3.63, 3.8) is 0 Å². The minimum absolute atomic E-state index is 0.0847. The highest BCUT2D eigenvalue weighted by molar-refractivity contribution is 5.83. The Labute approximate surface area is 109 Å². The Hall–Kier alpha value is -2.62. The van der Waals surface area contributed by atoms with E-state index < -0.39 is 0 Å². The van der Waals surface area contributed by atoms with Crippen molar-refractivity contribution in [2.45, 2.75) is 6.61 Å². The minimum Gasteiger partial charge on any atom is -0.504 e. The Morgan fingerprint density at radius 3 is 2.53 bits per heavy atom. The Bertz CT molecular complexity index is 715. The summed E-state index contributed by atoms with van der Waals surface area (Å²) >= 11 is 0. The van der Waals surface area contributed by atoms with Gasteiger partial charge >= 0.3 is 0 Å². The van der Waals surface area contributed by atoms with Crippen molar-refractivity contribution in [3.8, 4) is 17.2 Å². The first-order valence-electron chi connectivity index (χ1n) is 5.85. The van der Waals surface area contributed by atoms with Crippen LogP contribution in [-0.4, -0.2) is 10.2 Å². The van der Waals surface area contributed by atoms with Crippen LogP contribution in [-0.2, 0) is 6.61 Å². The minimum atomic E-state index is 0.0847. The first-order valence-corrected chi connectivity index (χ1v) is 5.85. The van der Waals surface area contributed by atoms with Gasteiger partial charge in [0.25, 0.3) is 0 Å². The molecule has 0 saturated carbocycles. The van der Waals surface area contributed by atoms with Crippen LogP contribution in [0.5, 0.6) is 17.2 Å². The summed E-state index contributed by atoms with van der Waals surface area (Å²) in [5, 5.41) is 20.0. The standard InChI is InChI=1S/C15H12O4/c16-12-5-1-2-7-14(12)18-9-11-8-10-4-3-6-13(17)15(10)19-11/h1-8,16-17H,9H2. The van der Waals surface area contributed by atoms with Crippen molar-refractivity contribution in [1.82, 2.24) is 0 Å². The first-order chi connectivity index (χ1) is 9.24. The van der Waals surface area contributed by atoms with Crippen molar-refractivity contribution in [1.29, 1.82) is 0 Å². The highest BCUT2D eigenvalue weighted by Crippen LogP contribution is 2.29. The Morgan fingerprint density at radius 1 is 0.947 bits per heavy atom. The van der Waals surface area contributed by atoms with Crippen LogP contribution < -0.4 is 4.74 Å². The summed E-state index contributed by atoms with van der Waals surface area (Å²) in [6, 6.07) is 13.7. The van der Waals surface area contributed by atoms with Crippen molar-refractivity contribution in [2.75, 3.05) is 0 Å². The van der Waals surface area contributed by atoms with Crippen molar-refractivity contribution < 1.29 is 19.4 Å². The highest BCUT2D eigenvalue weighted by atomic mass is 16.5. The molecule has 2 N–H and O–H groups in total. The predicted molar refractivity (Wildman–Crippen MR) is 70.3 cm³/mol. The molecule has 1 aromatic heterocycles. The second-order valence-electron chi connectivity index (χ2n) is 4.16. The molecule has 0 fully saturated rings.